The third-order valence-electron chi connectivity index (χ3n) is 3.46. The second-order valence-corrected chi connectivity index (χ2v) is 6.78. The standard InChI is InChI=1S/C16H13N3O3S2/c20-13(21)5-2-8-19-15(22)12(24-16(19)23)9-10-3-1-4-11-14(10)18-7-6-17-11/h1,3-4,6-7,9H,2,5,8H2,(H,20,21). The third kappa shape index (κ3) is 3.44. The van der Waals surface area contributed by atoms with Gasteiger partial charge < -0.3 is 5.11 Å². The number of rotatable bonds is 5. The van der Waals surface area contributed by atoms with E-state index >= 15 is 0 Å². The number of hydrogen-bond donors (Lipinski definition) is 1. The summed E-state index contributed by atoms with van der Waals surface area (Å²) in [6.45, 7) is 0.309. The van der Waals surface area contributed by atoms with Gasteiger partial charge in [0.15, 0.2) is 0 Å². The fourth-order valence-corrected chi connectivity index (χ4v) is 3.65. The molecule has 1 aromatic heterocycles. The number of benzene rings is 1. The monoisotopic (exact) mass is 359 g/mol. The second-order valence-electron chi connectivity index (χ2n) is 5.10. The first-order valence-electron chi connectivity index (χ1n) is 7.23. The molecule has 3 rings (SSSR count). The van der Waals surface area contributed by atoms with Gasteiger partial charge in [-0.2, -0.15) is 0 Å². The van der Waals surface area contributed by atoms with E-state index in [2.05, 4.69) is 9.97 Å². The summed E-state index contributed by atoms with van der Waals surface area (Å²) >= 11 is 6.45. The molecule has 0 spiro atoms. The van der Waals surface area contributed by atoms with Gasteiger partial charge in [-0.1, -0.05) is 36.1 Å². The smallest absolute Gasteiger partial charge is 0.303 e. The topological polar surface area (TPSA) is 83.4 Å². The molecule has 0 aliphatic carbocycles. The number of para-hydroxylation sites is 1. The number of amides is 1. The molecule has 0 bridgehead atoms. The van der Waals surface area contributed by atoms with Gasteiger partial charge in [0.2, 0.25) is 0 Å². The molecule has 0 radical (unpaired) electrons. The number of thioether (sulfide) groups is 1. The van der Waals surface area contributed by atoms with Crippen molar-refractivity contribution in [1.29, 1.82) is 0 Å². The predicted molar refractivity (Wildman–Crippen MR) is 96.3 cm³/mol. The van der Waals surface area contributed by atoms with Crippen LogP contribution in [-0.2, 0) is 9.59 Å². The number of carbonyl (C=O) groups excluding carboxylic acids is 1. The van der Waals surface area contributed by atoms with Gasteiger partial charge in [-0.25, -0.2) is 0 Å². The Bertz CT molecular complexity index is 861. The maximum absolute atomic E-state index is 12.5. The minimum Gasteiger partial charge on any atom is -0.481 e. The van der Waals surface area contributed by atoms with Crippen LogP contribution in [0.1, 0.15) is 18.4 Å². The van der Waals surface area contributed by atoms with Crippen LogP contribution in [0.2, 0.25) is 0 Å². The van der Waals surface area contributed by atoms with E-state index in [9.17, 15) is 9.59 Å². The first-order chi connectivity index (χ1) is 11.6. The number of aliphatic carboxylic acids is 1. The van der Waals surface area contributed by atoms with Crippen LogP contribution in [0.3, 0.4) is 0 Å². The summed E-state index contributed by atoms with van der Waals surface area (Å²) in [5.41, 5.74) is 2.27. The number of fused-ring (bicyclic) bond motifs is 1. The Morgan fingerprint density at radius 1 is 1.33 bits per heavy atom. The van der Waals surface area contributed by atoms with Crippen molar-refractivity contribution >= 4 is 57.3 Å². The highest BCUT2D eigenvalue weighted by molar-refractivity contribution is 8.26. The fourth-order valence-electron chi connectivity index (χ4n) is 2.35. The Hall–Kier alpha value is -2.32. The van der Waals surface area contributed by atoms with Crippen LogP contribution in [0.4, 0.5) is 0 Å². The van der Waals surface area contributed by atoms with Gasteiger partial charge in [0.05, 0.1) is 15.9 Å². The van der Waals surface area contributed by atoms with Gasteiger partial charge in [-0.3, -0.25) is 24.5 Å². The van der Waals surface area contributed by atoms with Crippen molar-refractivity contribution in [3.63, 3.8) is 0 Å². The molecule has 1 aliphatic heterocycles. The molecule has 1 aromatic carbocycles. The molecule has 0 atom stereocenters. The highest BCUT2D eigenvalue weighted by Gasteiger charge is 2.31. The van der Waals surface area contributed by atoms with Crippen molar-refractivity contribution in [1.82, 2.24) is 14.9 Å². The maximum Gasteiger partial charge on any atom is 0.303 e. The van der Waals surface area contributed by atoms with Gasteiger partial charge in [-0.15, -0.1) is 0 Å². The van der Waals surface area contributed by atoms with Gasteiger partial charge in [0.1, 0.15) is 4.32 Å². The van der Waals surface area contributed by atoms with E-state index in [-0.39, 0.29) is 12.3 Å². The zero-order valence-electron chi connectivity index (χ0n) is 12.5. The molecule has 2 heterocycles. The highest BCUT2D eigenvalue weighted by atomic mass is 32.2. The summed E-state index contributed by atoms with van der Waals surface area (Å²) in [6.07, 6.45) is 5.36. The molecule has 24 heavy (non-hydrogen) atoms. The van der Waals surface area contributed by atoms with Crippen molar-refractivity contribution in [2.75, 3.05) is 6.54 Å². The number of hydrogen-bond acceptors (Lipinski definition) is 6. The largest absolute Gasteiger partial charge is 0.481 e. The Balaban J connectivity index is 1.84. The van der Waals surface area contributed by atoms with Gasteiger partial charge >= 0.3 is 5.97 Å². The van der Waals surface area contributed by atoms with Crippen molar-refractivity contribution in [2.45, 2.75) is 12.8 Å². The summed E-state index contributed by atoms with van der Waals surface area (Å²) in [5.74, 6) is -1.08. The van der Waals surface area contributed by atoms with E-state index in [1.165, 1.54) is 16.7 Å². The number of carbonyl (C=O) groups is 2. The van der Waals surface area contributed by atoms with Crippen LogP contribution in [-0.4, -0.2) is 42.7 Å². The number of carboxylic acid groups (broad SMARTS) is 1. The predicted octanol–water partition coefficient (Wildman–Crippen LogP) is 2.70. The van der Waals surface area contributed by atoms with Crippen LogP contribution in [0.25, 0.3) is 17.1 Å². The molecule has 1 amide bonds. The van der Waals surface area contributed by atoms with Crippen molar-refractivity contribution in [3.05, 3.63) is 41.1 Å². The Morgan fingerprint density at radius 2 is 2.12 bits per heavy atom. The lowest BCUT2D eigenvalue weighted by atomic mass is 10.1. The summed E-state index contributed by atoms with van der Waals surface area (Å²) in [4.78, 5) is 33.6. The lowest BCUT2D eigenvalue weighted by molar-refractivity contribution is -0.137. The summed E-state index contributed by atoms with van der Waals surface area (Å²) in [5, 5.41) is 8.70. The Morgan fingerprint density at radius 3 is 2.92 bits per heavy atom. The van der Waals surface area contributed by atoms with E-state index in [0.29, 0.717) is 22.2 Å². The van der Waals surface area contributed by atoms with E-state index < -0.39 is 5.97 Å². The molecular formula is C16H13N3O3S2. The van der Waals surface area contributed by atoms with E-state index in [1.807, 2.05) is 18.2 Å². The molecule has 0 unspecified atom stereocenters. The van der Waals surface area contributed by atoms with E-state index in [1.54, 1.807) is 18.5 Å². The molecule has 8 heteroatoms. The van der Waals surface area contributed by atoms with Crippen molar-refractivity contribution in [3.8, 4) is 0 Å². The van der Waals surface area contributed by atoms with E-state index in [0.717, 1.165) is 16.6 Å². The van der Waals surface area contributed by atoms with Crippen LogP contribution >= 0.6 is 24.0 Å². The average Bonchev–Trinajstić information content (AvgIpc) is 2.82. The van der Waals surface area contributed by atoms with E-state index in [4.69, 9.17) is 17.3 Å². The first kappa shape index (κ1) is 16.5. The average molecular weight is 359 g/mol. The number of nitrogens with zero attached hydrogens (tertiary/aromatic N) is 3. The number of aromatic nitrogens is 2. The second kappa shape index (κ2) is 7.06. The summed E-state index contributed by atoms with van der Waals surface area (Å²) in [6, 6.07) is 5.58. The normalized spacial score (nSPS) is 16.3. The van der Waals surface area contributed by atoms with Crippen LogP contribution in [0.15, 0.2) is 35.5 Å². The number of carboxylic acids is 1. The SMILES string of the molecule is O=C(O)CCCN1C(=O)C(=Cc2cccc3nccnc23)SC1=S. The third-order valence-corrected chi connectivity index (χ3v) is 4.84. The van der Waals surface area contributed by atoms with Crippen LogP contribution < -0.4 is 0 Å². The van der Waals surface area contributed by atoms with Crippen LogP contribution in [0.5, 0.6) is 0 Å². The molecule has 1 fully saturated rings. The van der Waals surface area contributed by atoms with Crippen molar-refractivity contribution in [2.24, 2.45) is 0 Å². The molecule has 1 aliphatic rings. The molecule has 0 saturated carbocycles. The van der Waals surface area contributed by atoms with Gasteiger partial charge in [-0.05, 0) is 18.6 Å². The minimum absolute atomic E-state index is 0.00895. The fraction of sp³-hybridized carbons (Fsp3) is 0.188. The van der Waals surface area contributed by atoms with Gasteiger partial charge in [0, 0.05) is 30.9 Å². The molecule has 2 aromatic rings. The highest BCUT2D eigenvalue weighted by Crippen LogP contribution is 2.33. The minimum atomic E-state index is -0.884. The van der Waals surface area contributed by atoms with Crippen molar-refractivity contribution < 1.29 is 14.7 Å². The first-order valence-corrected chi connectivity index (χ1v) is 8.45. The summed E-state index contributed by atoms with van der Waals surface area (Å²) < 4.78 is 0.447. The molecule has 122 valence electrons. The lowest BCUT2D eigenvalue weighted by Gasteiger charge is -2.13. The van der Waals surface area contributed by atoms with Gasteiger partial charge in [0.25, 0.3) is 5.91 Å². The van der Waals surface area contributed by atoms with Crippen LogP contribution in [0, 0.1) is 0 Å². The quantitative estimate of drug-likeness (QED) is 0.649. The Kier molecular flexibility index (Phi) is 4.86. The zero-order valence-corrected chi connectivity index (χ0v) is 14.1. The molecular weight excluding hydrogens is 346 g/mol. The molecule has 6 nitrogen and oxygen atoms in total. The Labute approximate surface area is 147 Å². The number of thiocarbonyl (C=S) groups is 1. The summed E-state index contributed by atoms with van der Waals surface area (Å²) in [7, 11) is 0. The molecule has 1 saturated heterocycles. The maximum atomic E-state index is 12.5. The molecule has 1 N–H and O–H groups in total. The lowest BCUT2D eigenvalue weighted by Crippen LogP contribution is -2.29. The zero-order chi connectivity index (χ0) is 17.1.